The molecule has 90 valence electrons. The highest BCUT2D eigenvalue weighted by Crippen LogP contribution is 2.33. The van der Waals surface area contributed by atoms with Crippen LogP contribution in [0.4, 0.5) is 11.4 Å². The van der Waals surface area contributed by atoms with Crippen LogP contribution in [0.5, 0.6) is 0 Å². The van der Waals surface area contributed by atoms with E-state index in [0.717, 1.165) is 25.3 Å². The van der Waals surface area contributed by atoms with Crippen molar-refractivity contribution in [3.63, 3.8) is 0 Å². The average Bonchev–Trinajstić information content (AvgIpc) is 2.39. The fraction of sp³-hybridized carbons (Fsp3) is 0.462. The number of fused-ring (bicyclic) bond motifs is 1. The largest absolute Gasteiger partial charge is 0.371 e. The Morgan fingerprint density at radius 2 is 2.00 bits per heavy atom. The first-order valence-corrected chi connectivity index (χ1v) is 6.57. The number of nitrogens with zero attached hydrogens (tertiary/aromatic N) is 2. The molecule has 4 heteroatoms. The Bertz CT molecular complexity index is 450. The maximum Gasteiger partial charge on any atom is 0.196 e. The minimum absolute atomic E-state index is 0.494. The average molecular weight is 250 g/mol. The van der Waals surface area contributed by atoms with Gasteiger partial charge in [0, 0.05) is 30.9 Å². The molecule has 2 heterocycles. The van der Waals surface area contributed by atoms with E-state index in [-0.39, 0.29) is 0 Å². The second-order valence-electron chi connectivity index (χ2n) is 4.58. The fourth-order valence-corrected chi connectivity index (χ4v) is 2.74. The first-order chi connectivity index (χ1) is 8.34. The lowest BCUT2D eigenvalue weighted by Crippen LogP contribution is -2.31. The third kappa shape index (κ3) is 2.12. The summed E-state index contributed by atoms with van der Waals surface area (Å²) >= 11 is 5.91. The third-order valence-corrected chi connectivity index (χ3v) is 3.67. The van der Waals surface area contributed by atoms with Crippen LogP contribution < -0.4 is 10.2 Å². The predicted octanol–water partition coefficient (Wildman–Crippen LogP) is 3.01. The number of amidine groups is 1. The summed E-state index contributed by atoms with van der Waals surface area (Å²) in [5.41, 5.74) is 3.61. The highest BCUT2D eigenvalue weighted by molar-refractivity contribution is 6.65. The van der Waals surface area contributed by atoms with Crippen LogP contribution >= 0.6 is 11.6 Å². The zero-order valence-corrected chi connectivity index (χ0v) is 10.5. The Morgan fingerprint density at radius 1 is 1.18 bits per heavy atom. The van der Waals surface area contributed by atoms with Crippen molar-refractivity contribution < 1.29 is 0 Å². The lowest BCUT2D eigenvalue weighted by molar-refractivity contribution is 0.576. The van der Waals surface area contributed by atoms with Gasteiger partial charge in [-0.3, -0.25) is 0 Å². The molecule has 17 heavy (non-hydrogen) atoms. The molecule has 2 aliphatic heterocycles. The highest BCUT2D eigenvalue weighted by Gasteiger charge is 2.18. The summed E-state index contributed by atoms with van der Waals surface area (Å²) in [6, 6.07) is 6.30. The van der Waals surface area contributed by atoms with Crippen LogP contribution in [0, 0.1) is 0 Å². The molecule has 0 bridgehead atoms. The van der Waals surface area contributed by atoms with E-state index in [1.54, 1.807) is 0 Å². The number of nitrogens with one attached hydrogen (secondary N) is 1. The zero-order valence-electron chi connectivity index (χ0n) is 9.75. The van der Waals surface area contributed by atoms with Gasteiger partial charge in [-0.25, -0.2) is 4.99 Å². The standard InChI is InChI=1S/C13H16ClN3/c14-13-15-9-10-11(16-13)5-4-6-12(10)17-7-2-1-3-8-17/h4-6H,1-3,7-9H2,(H,15,16). The zero-order chi connectivity index (χ0) is 11.7. The van der Waals surface area contributed by atoms with E-state index in [9.17, 15) is 0 Å². The van der Waals surface area contributed by atoms with E-state index in [4.69, 9.17) is 11.6 Å². The number of benzene rings is 1. The highest BCUT2D eigenvalue weighted by atomic mass is 35.5. The lowest BCUT2D eigenvalue weighted by atomic mass is 10.1. The predicted molar refractivity (Wildman–Crippen MR) is 72.3 cm³/mol. The monoisotopic (exact) mass is 249 g/mol. The second-order valence-corrected chi connectivity index (χ2v) is 4.94. The van der Waals surface area contributed by atoms with Crippen LogP contribution in [-0.4, -0.2) is 18.4 Å². The lowest BCUT2D eigenvalue weighted by Gasteiger charge is -2.31. The van der Waals surface area contributed by atoms with Crippen LogP contribution in [0.15, 0.2) is 23.2 Å². The first kappa shape index (κ1) is 10.9. The molecule has 1 aromatic rings. The van der Waals surface area contributed by atoms with Crippen molar-refractivity contribution in [3.05, 3.63) is 23.8 Å². The van der Waals surface area contributed by atoms with Gasteiger partial charge < -0.3 is 10.2 Å². The van der Waals surface area contributed by atoms with Crippen LogP contribution in [0.2, 0.25) is 0 Å². The molecule has 1 N–H and O–H groups in total. The molecule has 0 amide bonds. The van der Waals surface area contributed by atoms with Crippen LogP contribution in [0.3, 0.4) is 0 Å². The Kier molecular flexibility index (Phi) is 2.93. The molecule has 0 saturated carbocycles. The molecule has 1 aromatic carbocycles. The van der Waals surface area contributed by atoms with E-state index in [0.29, 0.717) is 5.29 Å². The van der Waals surface area contributed by atoms with Gasteiger partial charge in [0.25, 0.3) is 0 Å². The van der Waals surface area contributed by atoms with Gasteiger partial charge in [0.05, 0.1) is 5.69 Å². The molecule has 0 aromatic heterocycles. The van der Waals surface area contributed by atoms with Crippen LogP contribution in [-0.2, 0) is 6.54 Å². The van der Waals surface area contributed by atoms with E-state index in [1.165, 1.54) is 30.5 Å². The molecule has 3 nitrogen and oxygen atoms in total. The van der Waals surface area contributed by atoms with Crippen molar-refractivity contribution in [3.8, 4) is 0 Å². The van der Waals surface area contributed by atoms with Crippen molar-refractivity contribution in [1.29, 1.82) is 0 Å². The molecule has 0 unspecified atom stereocenters. The fourth-order valence-electron chi connectivity index (χ4n) is 2.59. The first-order valence-electron chi connectivity index (χ1n) is 6.19. The van der Waals surface area contributed by atoms with Crippen molar-refractivity contribution >= 4 is 28.3 Å². The number of anilines is 1. The second kappa shape index (κ2) is 4.57. The minimum atomic E-state index is 0.494. The Balaban J connectivity index is 1.97. The summed E-state index contributed by atoms with van der Waals surface area (Å²) in [6.07, 6.45) is 3.94. The number of hydrogen-bond donors (Lipinski definition) is 1. The van der Waals surface area contributed by atoms with E-state index in [2.05, 4.69) is 27.3 Å². The van der Waals surface area contributed by atoms with Crippen LogP contribution in [0.25, 0.3) is 0 Å². The Morgan fingerprint density at radius 3 is 2.82 bits per heavy atom. The van der Waals surface area contributed by atoms with Gasteiger partial charge in [-0.1, -0.05) is 6.07 Å². The molecule has 1 fully saturated rings. The number of rotatable bonds is 1. The minimum Gasteiger partial charge on any atom is -0.371 e. The maximum atomic E-state index is 5.91. The van der Waals surface area contributed by atoms with Gasteiger partial charge >= 0.3 is 0 Å². The van der Waals surface area contributed by atoms with E-state index < -0.39 is 0 Å². The third-order valence-electron chi connectivity index (χ3n) is 3.45. The molecule has 2 aliphatic rings. The van der Waals surface area contributed by atoms with Gasteiger partial charge in [-0.15, -0.1) is 0 Å². The summed E-state index contributed by atoms with van der Waals surface area (Å²) in [5, 5.41) is 3.60. The van der Waals surface area contributed by atoms with Gasteiger partial charge in [-0.2, -0.15) is 0 Å². The Hall–Kier alpha value is -1.22. The summed E-state index contributed by atoms with van der Waals surface area (Å²) in [7, 11) is 0. The normalized spacial score (nSPS) is 19.4. The van der Waals surface area contributed by atoms with Crippen molar-refractivity contribution in [2.75, 3.05) is 18.0 Å². The molecule has 0 spiro atoms. The molecule has 0 atom stereocenters. The van der Waals surface area contributed by atoms with Gasteiger partial charge in [0.15, 0.2) is 5.29 Å². The van der Waals surface area contributed by atoms with Gasteiger partial charge in [0.2, 0.25) is 0 Å². The van der Waals surface area contributed by atoms with Gasteiger partial charge in [0.1, 0.15) is 0 Å². The van der Waals surface area contributed by atoms with Crippen LogP contribution in [0.1, 0.15) is 24.8 Å². The van der Waals surface area contributed by atoms with Crippen molar-refractivity contribution in [1.82, 2.24) is 5.32 Å². The van der Waals surface area contributed by atoms with E-state index in [1.807, 2.05) is 6.07 Å². The summed E-state index contributed by atoms with van der Waals surface area (Å²) < 4.78 is 0. The van der Waals surface area contributed by atoms with Crippen molar-refractivity contribution in [2.24, 2.45) is 4.99 Å². The molecule has 1 saturated heterocycles. The quantitative estimate of drug-likeness (QED) is 0.775. The molecular formula is C13H16ClN3. The SMILES string of the molecule is ClC1=Nc2cccc(N3CCCCC3)c2CN1. The number of aliphatic imine (C=N–C) groups is 1. The smallest absolute Gasteiger partial charge is 0.196 e. The van der Waals surface area contributed by atoms with Crippen molar-refractivity contribution in [2.45, 2.75) is 25.8 Å². The number of halogens is 1. The topological polar surface area (TPSA) is 27.6 Å². The summed E-state index contributed by atoms with van der Waals surface area (Å²) in [6.45, 7) is 3.10. The number of piperidine rings is 1. The Labute approximate surface area is 106 Å². The van der Waals surface area contributed by atoms with E-state index >= 15 is 0 Å². The molecule has 0 aliphatic carbocycles. The summed E-state index contributed by atoms with van der Waals surface area (Å²) in [4.78, 5) is 6.82. The van der Waals surface area contributed by atoms with Gasteiger partial charge in [-0.05, 0) is 43.0 Å². The molecule has 3 rings (SSSR count). The molecular weight excluding hydrogens is 234 g/mol. The maximum absolute atomic E-state index is 5.91. The molecule has 0 radical (unpaired) electrons. The number of hydrogen-bond acceptors (Lipinski definition) is 3. The summed E-state index contributed by atoms with van der Waals surface area (Å²) in [5.74, 6) is 0.